The molecule has 2 N–H and O–H groups in total. The molecule has 0 bridgehead atoms. The number of hydrogen-bond acceptors (Lipinski definition) is 4. The summed E-state index contributed by atoms with van der Waals surface area (Å²) in [5, 5.41) is 8.06. The van der Waals surface area contributed by atoms with Gasteiger partial charge in [-0.25, -0.2) is 4.68 Å². The zero-order valence-corrected chi connectivity index (χ0v) is 11.0. The Kier molecular flexibility index (Phi) is 3.91. The molecule has 1 heterocycles. The summed E-state index contributed by atoms with van der Waals surface area (Å²) in [5.41, 5.74) is 6.88. The van der Waals surface area contributed by atoms with Crippen molar-refractivity contribution in [2.75, 3.05) is 26.4 Å². The van der Waals surface area contributed by atoms with Crippen molar-refractivity contribution in [3.05, 3.63) is 5.69 Å². The van der Waals surface area contributed by atoms with Gasteiger partial charge in [0, 0.05) is 12.0 Å². The molecule has 0 amide bonds. The molecule has 0 saturated carbocycles. The minimum Gasteiger partial charge on any atom is -0.381 e. The number of nitrogen functional groups attached to an aromatic ring is 1. The summed E-state index contributed by atoms with van der Waals surface area (Å²) in [7, 11) is 4.14. The lowest BCUT2D eigenvalue weighted by Gasteiger charge is -2.20. The zero-order chi connectivity index (χ0) is 12.3. The SMILES string of the molecule is CN(C)CCCn1nnc(N)c1C(C)(C)C. The molecule has 0 unspecified atom stereocenters. The van der Waals surface area contributed by atoms with Crippen LogP contribution in [0.2, 0.25) is 0 Å². The minimum atomic E-state index is -0.00823. The van der Waals surface area contributed by atoms with Gasteiger partial charge < -0.3 is 10.6 Å². The molecule has 0 atom stereocenters. The highest BCUT2D eigenvalue weighted by molar-refractivity contribution is 5.37. The molecule has 0 aromatic carbocycles. The Labute approximate surface area is 97.6 Å². The second-order valence-corrected chi connectivity index (χ2v) is 5.45. The number of anilines is 1. The van der Waals surface area contributed by atoms with Gasteiger partial charge in [-0.15, -0.1) is 5.10 Å². The van der Waals surface area contributed by atoms with Crippen LogP contribution in [0, 0.1) is 0 Å². The third-order valence-electron chi connectivity index (χ3n) is 2.45. The van der Waals surface area contributed by atoms with E-state index in [2.05, 4.69) is 50.1 Å². The van der Waals surface area contributed by atoms with Crippen molar-refractivity contribution in [1.29, 1.82) is 0 Å². The Bertz CT molecular complexity index is 335. The molecule has 0 radical (unpaired) electrons. The highest BCUT2D eigenvalue weighted by atomic mass is 15.4. The van der Waals surface area contributed by atoms with Crippen molar-refractivity contribution in [3.8, 4) is 0 Å². The second kappa shape index (κ2) is 4.82. The standard InChI is InChI=1S/C11H23N5/c1-11(2,3)9-10(12)13-14-16(9)8-6-7-15(4)5/h6-8,12H2,1-5H3. The van der Waals surface area contributed by atoms with Gasteiger partial charge in [-0.3, -0.25) is 0 Å². The maximum atomic E-state index is 5.85. The second-order valence-electron chi connectivity index (χ2n) is 5.45. The van der Waals surface area contributed by atoms with Gasteiger partial charge in [0.2, 0.25) is 0 Å². The topological polar surface area (TPSA) is 60.0 Å². The maximum absolute atomic E-state index is 5.85. The highest BCUT2D eigenvalue weighted by Gasteiger charge is 2.23. The van der Waals surface area contributed by atoms with Crippen LogP contribution in [0.4, 0.5) is 5.82 Å². The number of aromatic nitrogens is 3. The molecule has 5 heteroatoms. The van der Waals surface area contributed by atoms with Crippen molar-refractivity contribution in [3.63, 3.8) is 0 Å². The molecule has 1 aromatic heterocycles. The summed E-state index contributed by atoms with van der Waals surface area (Å²) in [6.45, 7) is 8.30. The van der Waals surface area contributed by atoms with Crippen molar-refractivity contribution in [2.24, 2.45) is 0 Å². The molecule has 92 valence electrons. The van der Waals surface area contributed by atoms with Gasteiger partial charge in [0.1, 0.15) is 0 Å². The molecule has 0 aliphatic heterocycles. The number of aryl methyl sites for hydroxylation is 1. The summed E-state index contributed by atoms with van der Waals surface area (Å²) in [6, 6.07) is 0. The zero-order valence-electron chi connectivity index (χ0n) is 11.0. The first-order valence-corrected chi connectivity index (χ1v) is 5.66. The molecule has 1 rings (SSSR count). The first kappa shape index (κ1) is 13.0. The van der Waals surface area contributed by atoms with Crippen molar-refractivity contribution >= 4 is 5.82 Å². The van der Waals surface area contributed by atoms with Crippen LogP contribution in [-0.2, 0) is 12.0 Å². The van der Waals surface area contributed by atoms with E-state index in [1.54, 1.807) is 0 Å². The van der Waals surface area contributed by atoms with E-state index in [9.17, 15) is 0 Å². The van der Waals surface area contributed by atoms with Gasteiger partial charge in [0.25, 0.3) is 0 Å². The van der Waals surface area contributed by atoms with Crippen molar-refractivity contribution in [2.45, 2.75) is 39.2 Å². The van der Waals surface area contributed by atoms with E-state index in [4.69, 9.17) is 5.73 Å². The van der Waals surface area contributed by atoms with E-state index in [1.807, 2.05) is 4.68 Å². The van der Waals surface area contributed by atoms with E-state index in [0.29, 0.717) is 5.82 Å². The lowest BCUT2D eigenvalue weighted by Crippen LogP contribution is -2.22. The van der Waals surface area contributed by atoms with Crippen LogP contribution >= 0.6 is 0 Å². The normalized spacial score (nSPS) is 12.4. The monoisotopic (exact) mass is 225 g/mol. The first-order valence-electron chi connectivity index (χ1n) is 5.66. The lowest BCUT2D eigenvalue weighted by atomic mass is 9.92. The molecular formula is C11H23N5. The van der Waals surface area contributed by atoms with Crippen LogP contribution in [0.3, 0.4) is 0 Å². The molecule has 0 fully saturated rings. The Morgan fingerprint density at radius 3 is 2.44 bits per heavy atom. The van der Waals surface area contributed by atoms with Crippen LogP contribution < -0.4 is 5.73 Å². The van der Waals surface area contributed by atoms with Crippen LogP contribution in [0.15, 0.2) is 0 Å². The van der Waals surface area contributed by atoms with Crippen LogP contribution in [0.5, 0.6) is 0 Å². The smallest absolute Gasteiger partial charge is 0.169 e. The fourth-order valence-electron chi connectivity index (χ4n) is 1.79. The molecule has 0 spiro atoms. The average Bonchev–Trinajstić information content (AvgIpc) is 2.45. The fraction of sp³-hybridized carbons (Fsp3) is 0.818. The van der Waals surface area contributed by atoms with Crippen molar-refractivity contribution < 1.29 is 0 Å². The van der Waals surface area contributed by atoms with Gasteiger partial charge in [0.05, 0.1) is 5.69 Å². The van der Waals surface area contributed by atoms with E-state index >= 15 is 0 Å². The van der Waals surface area contributed by atoms with E-state index in [0.717, 1.165) is 25.2 Å². The molecule has 0 aliphatic rings. The Morgan fingerprint density at radius 1 is 1.31 bits per heavy atom. The van der Waals surface area contributed by atoms with E-state index in [1.165, 1.54) is 0 Å². The molecule has 0 aliphatic carbocycles. The molecule has 0 saturated heterocycles. The first-order chi connectivity index (χ1) is 7.32. The van der Waals surface area contributed by atoms with Crippen LogP contribution in [0.25, 0.3) is 0 Å². The summed E-state index contributed by atoms with van der Waals surface area (Å²) in [5.74, 6) is 0.553. The summed E-state index contributed by atoms with van der Waals surface area (Å²) < 4.78 is 1.93. The number of hydrogen-bond donors (Lipinski definition) is 1. The van der Waals surface area contributed by atoms with E-state index in [-0.39, 0.29) is 5.41 Å². The third-order valence-corrected chi connectivity index (χ3v) is 2.45. The third kappa shape index (κ3) is 3.20. The molecule has 5 nitrogen and oxygen atoms in total. The Hall–Kier alpha value is -1.10. The van der Waals surface area contributed by atoms with Crippen molar-refractivity contribution in [1.82, 2.24) is 19.9 Å². The average molecular weight is 225 g/mol. The van der Waals surface area contributed by atoms with Gasteiger partial charge in [0.15, 0.2) is 5.82 Å². The predicted octanol–water partition coefficient (Wildman–Crippen LogP) is 1.11. The molecule has 1 aromatic rings. The van der Waals surface area contributed by atoms with Crippen LogP contribution in [-0.4, -0.2) is 40.5 Å². The molecular weight excluding hydrogens is 202 g/mol. The lowest BCUT2D eigenvalue weighted by molar-refractivity contribution is 0.370. The predicted molar refractivity (Wildman–Crippen MR) is 66.3 cm³/mol. The number of nitrogens with zero attached hydrogens (tertiary/aromatic N) is 4. The van der Waals surface area contributed by atoms with Crippen LogP contribution in [0.1, 0.15) is 32.9 Å². The summed E-state index contributed by atoms with van der Waals surface area (Å²) >= 11 is 0. The minimum absolute atomic E-state index is 0.00823. The highest BCUT2D eigenvalue weighted by Crippen LogP contribution is 2.25. The summed E-state index contributed by atoms with van der Waals surface area (Å²) in [6.07, 6.45) is 1.05. The molecule has 16 heavy (non-hydrogen) atoms. The summed E-state index contributed by atoms with van der Waals surface area (Å²) in [4.78, 5) is 2.16. The Balaban J connectivity index is 2.74. The number of nitrogens with two attached hydrogens (primary N) is 1. The van der Waals surface area contributed by atoms with Gasteiger partial charge in [-0.05, 0) is 27.1 Å². The van der Waals surface area contributed by atoms with Gasteiger partial charge in [-0.2, -0.15) is 0 Å². The number of rotatable bonds is 4. The maximum Gasteiger partial charge on any atom is 0.169 e. The quantitative estimate of drug-likeness (QED) is 0.834. The van der Waals surface area contributed by atoms with Gasteiger partial charge >= 0.3 is 0 Å². The Morgan fingerprint density at radius 2 is 1.94 bits per heavy atom. The van der Waals surface area contributed by atoms with E-state index < -0.39 is 0 Å². The fourth-order valence-corrected chi connectivity index (χ4v) is 1.79. The van der Waals surface area contributed by atoms with Gasteiger partial charge in [-0.1, -0.05) is 26.0 Å². The largest absolute Gasteiger partial charge is 0.381 e.